The number of nitriles is 1. The predicted molar refractivity (Wildman–Crippen MR) is 67.2 cm³/mol. The molecular weight excluding hydrogens is 214 g/mol. The summed E-state index contributed by atoms with van der Waals surface area (Å²) in [7, 11) is 0. The van der Waals surface area contributed by atoms with Gasteiger partial charge in [-0.1, -0.05) is 13.3 Å². The summed E-state index contributed by atoms with van der Waals surface area (Å²) >= 11 is 0. The fourth-order valence-electron chi connectivity index (χ4n) is 1.58. The van der Waals surface area contributed by atoms with Crippen molar-refractivity contribution in [2.75, 3.05) is 11.9 Å². The second-order valence-electron chi connectivity index (χ2n) is 3.90. The van der Waals surface area contributed by atoms with E-state index in [0.29, 0.717) is 17.8 Å². The number of carbonyl (C=O) groups is 1. The summed E-state index contributed by atoms with van der Waals surface area (Å²) in [4.78, 5) is 11.8. The molecule has 1 aromatic rings. The zero-order valence-corrected chi connectivity index (χ0v) is 9.94. The summed E-state index contributed by atoms with van der Waals surface area (Å²) in [6.45, 7) is 2.38. The maximum atomic E-state index is 11.8. The highest BCUT2D eigenvalue weighted by Gasteiger charge is 2.15. The fraction of sp³-hybridized carbons (Fsp3) is 0.385. The summed E-state index contributed by atoms with van der Waals surface area (Å²) in [5.74, 6) is -0.199. The van der Waals surface area contributed by atoms with Crippen LogP contribution in [0.3, 0.4) is 0 Å². The van der Waals surface area contributed by atoms with Gasteiger partial charge in [-0.3, -0.25) is 4.79 Å². The molecule has 0 heterocycles. The molecule has 90 valence electrons. The summed E-state index contributed by atoms with van der Waals surface area (Å²) < 4.78 is 0. The van der Waals surface area contributed by atoms with Crippen LogP contribution in [0.15, 0.2) is 24.3 Å². The molecule has 4 heteroatoms. The first kappa shape index (κ1) is 13.2. The number of benzene rings is 1. The first-order chi connectivity index (χ1) is 8.21. The lowest BCUT2D eigenvalue weighted by Gasteiger charge is -2.13. The molecule has 17 heavy (non-hydrogen) atoms. The van der Waals surface area contributed by atoms with Gasteiger partial charge in [-0.05, 0) is 30.7 Å². The Labute approximate surface area is 101 Å². The minimum atomic E-state index is -0.143. The Balaban J connectivity index is 2.63. The van der Waals surface area contributed by atoms with Gasteiger partial charge in [0.05, 0.1) is 17.6 Å². The van der Waals surface area contributed by atoms with Crippen molar-refractivity contribution >= 4 is 11.6 Å². The van der Waals surface area contributed by atoms with Gasteiger partial charge in [-0.15, -0.1) is 0 Å². The van der Waals surface area contributed by atoms with E-state index in [-0.39, 0.29) is 11.8 Å². The van der Waals surface area contributed by atoms with Crippen LogP contribution in [0.2, 0.25) is 0 Å². The van der Waals surface area contributed by atoms with Gasteiger partial charge in [-0.2, -0.15) is 5.26 Å². The molecule has 0 radical (unpaired) electrons. The summed E-state index contributed by atoms with van der Waals surface area (Å²) in [6.07, 6.45) is 1.72. The van der Waals surface area contributed by atoms with E-state index in [2.05, 4.69) is 5.32 Å². The molecular formula is C13H17N3O. The van der Waals surface area contributed by atoms with Crippen LogP contribution in [0.4, 0.5) is 5.69 Å². The smallest absolute Gasteiger partial charge is 0.228 e. The zero-order valence-electron chi connectivity index (χ0n) is 9.94. The Kier molecular flexibility index (Phi) is 5.18. The largest absolute Gasteiger partial charge is 0.330 e. The van der Waals surface area contributed by atoms with Gasteiger partial charge in [0.2, 0.25) is 5.91 Å². The second-order valence-corrected chi connectivity index (χ2v) is 3.90. The lowest BCUT2D eigenvalue weighted by Crippen LogP contribution is -2.29. The fourth-order valence-corrected chi connectivity index (χ4v) is 1.58. The molecule has 0 spiro atoms. The number of nitrogens with zero attached hydrogens (tertiary/aromatic N) is 1. The first-order valence-corrected chi connectivity index (χ1v) is 5.72. The minimum absolute atomic E-state index is 0.0564. The summed E-state index contributed by atoms with van der Waals surface area (Å²) in [6, 6.07) is 8.81. The van der Waals surface area contributed by atoms with Crippen molar-refractivity contribution in [3.8, 4) is 6.07 Å². The number of nitrogens with one attached hydrogen (secondary N) is 1. The van der Waals surface area contributed by atoms with Crippen LogP contribution in [0.25, 0.3) is 0 Å². The molecule has 0 fully saturated rings. The predicted octanol–water partition coefficient (Wildman–Crippen LogP) is 1.87. The number of anilines is 1. The summed E-state index contributed by atoms with van der Waals surface area (Å²) in [5, 5.41) is 11.5. The average molecular weight is 231 g/mol. The lowest BCUT2D eigenvalue weighted by atomic mass is 10.0. The Morgan fingerprint density at radius 1 is 1.47 bits per heavy atom. The molecule has 0 saturated heterocycles. The van der Waals surface area contributed by atoms with Crippen LogP contribution < -0.4 is 11.1 Å². The van der Waals surface area contributed by atoms with E-state index >= 15 is 0 Å². The second kappa shape index (κ2) is 6.66. The van der Waals surface area contributed by atoms with E-state index in [0.717, 1.165) is 12.8 Å². The van der Waals surface area contributed by atoms with Gasteiger partial charge in [0.15, 0.2) is 0 Å². The molecule has 1 atom stereocenters. The van der Waals surface area contributed by atoms with Crippen molar-refractivity contribution in [1.82, 2.24) is 0 Å². The maximum absolute atomic E-state index is 11.8. The third kappa shape index (κ3) is 3.89. The molecule has 0 aliphatic carbocycles. The van der Waals surface area contributed by atoms with E-state index in [9.17, 15) is 4.79 Å². The van der Waals surface area contributed by atoms with Crippen molar-refractivity contribution in [3.05, 3.63) is 29.8 Å². The van der Waals surface area contributed by atoms with Crippen molar-refractivity contribution < 1.29 is 4.79 Å². The van der Waals surface area contributed by atoms with Gasteiger partial charge in [-0.25, -0.2) is 0 Å². The molecule has 0 aliphatic rings. The summed E-state index contributed by atoms with van der Waals surface area (Å²) in [5.41, 5.74) is 6.83. The lowest BCUT2D eigenvalue weighted by molar-refractivity contribution is -0.119. The molecule has 4 nitrogen and oxygen atoms in total. The van der Waals surface area contributed by atoms with E-state index in [1.165, 1.54) is 0 Å². The molecule has 1 unspecified atom stereocenters. The van der Waals surface area contributed by atoms with E-state index in [1.807, 2.05) is 13.0 Å². The van der Waals surface area contributed by atoms with Crippen molar-refractivity contribution in [2.24, 2.45) is 11.7 Å². The highest BCUT2D eigenvalue weighted by molar-refractivity contribution is 5.92. The van der Waals surface area contributed by atoms with Gasteiger partial charge >= 0.3 is 0 Å². The number of carbonyl (C=O) groups excluding carboxylic acids is 1. The third-order valence-electron chi connectivity index (χ3n) is 2.57. The maximum Gasteiger partial charge on any atom is 0.228 e. The van der Waals surface area contributed by atoms with Gasteiger partial charge in [0.25, 0.3) is 0 Å². The van der Waals surface area contributed by atoms with E-state index in [1.54, 1.807) is 24.3 Å². The Hall–Kier alpha value is -1.86. The standard InChI is InChI=1S/C13H17N3O/c1-2-3-11(9-15)13(17)16-12-6-4-10(8-14)5-7-12/h4-7,11H,2-3,9,15H2,1H3,(H,16,17). The van der Waals surface area contributed by atoms with Crippen LogP contribution in [0.5, 0.6) is 0 Å². The minimum Gasteiger partial charge on any atom is -0.330 e. The molecule has 3 N–H and O–H groups in total. The normalized spacial score (nSPS) is 11.6. The number of amides is 1. The van der Waals surface area contributed by atoms with Crippen molar-refractivity contribution in [1.29, 1.82) is 5.26 Å². The topological polar surface area (TPSA) is 78.9 Å². The van der Waals surface area contributed by atoms with Gasteiger partial charge in [0.1, 0.15) is 0 Å². The van der Waals surface area contributed by atoms with Crippen LogP contribution >= 0.6 is 0 Å². The Morgan fingerprint density at radius 3 is 2.59 bits per heavy atom. The third-order valence-corrected chi connectivity index (χ3v) is 2.57. The molecule has 1 rings (SSSR count). The number of rotatable bonds is 5. The zero-order chi connectivity index (χ0) is 12.7. The van der Waals surface area contributed by atoms with Crippen LogP contribution in [-0.4, -0.2) is 12.5 Å². The molecule has 0 saturated carbocycles. The van der Waals surface area contributed by atoms with Crippen LogP contribution in [-0.2, 0) is 4.79 Å². The molecule has 0 aliphatic heterocycles. The Bertz CT molecular complexity index is 406. The Morgan fingerprint density at radius 2 is 2.12 bits per heavy atom. The monoisotopic (exact) mass is 231 g/mol. The molecule has 0 bridgehead atoms. The highest BCUT2D eigenvalue weighted by Crippen LogP contribution is 2.12. The van der Waals surface area contributed by atoms with Crippen LogP contribution in [0.1, 0.15) is 25.3 Å². The molecule has 0 aromatic heterocycles. The van der Waals surface area contributed by atoms with Gasteiger partial charge in [0, 0.05) is 12.2 Å². The number of nitrogens with two attached hydrogens (primary N) is 1. The van der Waals surface area contributed by atoms with Crippen molar-refractivity contribution in [2.45, 2.75) is 19.8 Å². The SMILES string of the molecule is CCCC(CN)C(=O)Nc1ccc(C#N)cc1. The van der Waals surface area contributed by atoms with Crippen LogP contribution in [0, 0.1) is 17.2 Å². The quantitative estimate of drug-likeness (QED) is 0.812. The molecule has 1 aromatic carbocycles. The van der Waals surface area contributed by atoms with E-state index in [4.69, 9.17) is 11.0 Å². The average Bonchev–Trinajstić information content (AvgIpc) is 2.36. The highest BCUT2D eigenvalue weighted by atomic mass is 16.1. The molecule has 1 amide bonds. The van der Waals surface area contributed by atoms with E-state index < -0.39 is 0 Å². The number of hydrogen-bond acceptors (Lipinski definition) is 3. The van der Waals surface area contributed by atoms with Gasteiger partial charge < -0.3 is 11.1 Å². The van der Waals surface area contributed by atoms with Crippen molar-refractivity contribution in [3.63, 3.8) is 0 Å². The first-order valence-electron chi connectivity index (χ1n) is 5.72. The number of hydrogen-bond donors (Lipinski definition) is 2.